The summed E-state index contributed by atoms with van der Waals surface area (Å²) in [5.74, 6) is 5.88. The van der Waals surface area contributed by atoms with Gasteiger partial charge >= 0.3 is 0 Å². The van der Waals surface area contributed by atoms with Gasteiger partial charge in [-0.15, -0.1) is 0 Å². The monoisotopic (exact) mass is 235 g/mol. The largest absolute Gasteiger partial charge is 0.492 e. The molecule has 3 N–H and O–H groups in total. The topological polar surface area (TPSA) is 67.6 Å². The third-order valence-electron chi connectivity index (χ3n) is 3.05. The summed E-state index contributed by atoms with van der Waals surface area (Å²) in [6.45, 7) is 3.84. The number of hydrogen-bond acceptors (Lipinski definition) is 4. The molecule has 92 valence electrons. The van der Waals surface area contributed by atoms with Crippen LogP contribution in [0.3, 0.4) is 0 Å². The number of amides is 1. The van der Waals surface area contributed by atoms with Crippen LogP contribution in [0, 0.1) is 0 Å². The van der Waals surface area contributed by atoms with Crippen molar-refractivity contribution in [2.24, 2.45) is 5.84 Å². The van der Waals surface area contributed by atoms with Crippen molar-refractivity contribution >= 4 is 5.91 Å². The number of hydrogen-bond donors (Lipinski definition) is 2. The third-order valence-corrected chi connectivity index (χ3v) is 3.05. The first-order chi connectivity index (χ1) is 8.22. The number of hydrazine groups is 1. The smallest absolute Gasteiger partial charge is 0.250 e. The van der Waals surface area contributed by atoms with Crippen LogP contribution in [-0.4, -0.2) is 30.0 Å². The first kappa shape index (κ1) is 11.9. The molecule has 1 aromatic carbocycles. The van der Waals surface area contributed by atoms with Gasteiger partial charge in [0.25, 0.3) is 5.91 Å². The molecular weight excluding hydrogens is 218 g/mol. The number of fused-ring (bicyclic) bond motifs is 1. The number of rotatable bonds is 2. The lowest BCUT2D eigenvalue weighted by atomic mass is 10.1. The van der Waals surface area contributed by atoms with E-state index in [-0.39, 0.29) is 11.9 Å². The van der Waals surface area contributed by atoms with Gasteiger partial charge in [-0.3, -0.25) is 15.1 Å². The number of nitrogens with two attached hydrogens (primary N) is 1. The Morgan fingerprint density at radius 1 is 1.53 bits per heavy atom. The highest BCUT2D eigenvalue weighted by Gasteiger charge is 2.23. The van der Waals surface area contributed by atoms with E-state index < -0.39 is 0 Å². The van der Waals surface area contributed by atoms with E-state index in [2.05, 4.69) is 5.43 Å². The van der Waals surface area contributed by atoms with Crippen LogP contribution in [-0.2, 0) is 11.3 Å². The SMILES string of the molecule is CC(C(=O)NN)N1CCOc2ccccc2C1. The fourth-order valence-corrected chi connectivity index (χ4v) is 1.96. The highest BCUT2D eigenvalue weighted by Crippen LogP contribution is 2.23. The summed E-state index contributed by atoms with van der Waals surface area (Å²) in [6, 6.07) is 7.63. The number of carbonyl (C=O) groups excluding carboxylic acids is 1. The number of benzene rings is 1. The van der Waals surface area contributed by atoms with Crippen LogP contribution in [0.25, 0.3) is 0 Å². The number of nitrogens with zero attached hydrogens (tertiary/aromatic N) is 1. The molecule has 0 radical (unpaired) electrons. The molecule has 0 saturated carbocycles. The molecule has 1 atom stereocenters. The zero-order valence-corrected chi connectivity index (χ0v) is 9.85. The molecule has 1 heterocycles. The van der Waals surface area contributed by atoms with Gasteiger partial charge in [-0.05, 0) is 13.0 Å². The van der Waals surface area contributed by atoms with Crippen molar-refractivity contribution < 1.29 is 9.53 Å². The van der Waals surface area contributed by atoms with E-state index in [1.165, 1.54) is 0 Å². The Bertz CT molecular complexity index is 408. The molecule has 1 aromatic rings. The normalized spacial score (nSPS) is 17.5. The molecule has 0 aromatic heterocycles. The number of nitrogens with one attached hydrogen (secondary N) is 1. The standard InChI is InChI=1S/C12H17N3O2/c1-9(12(16)14-13)15-6-7-17-11-5-3-2-4-10(11)8-15/h2-5,9H,6-8,13H2,1H3,(H,14,16). The maximum atomic E-state index is 11.5. The molecule has 5 heteroatoms. The van der Waals surface area contributed by atoms with Crippen molar-refractivity contribution in [2.75, 3.05) is 13.2 Å². The summed E-state index contributed by atoms with van der Waals surface area (Å²) >= 11 is 0. The first-order valence-electron chi connectivity index (χ1n) is 5.67. The summed E-state index contributed by atoms with van der Waals surface area (Å²) in [5.41, 5.74) is 3.28. The predicted octanol–water partition coefficient (Wildman–Crippen LogP) is 0.259. The minimum atomic E-state index is -0.255. The van der Waals surface area contributed by atoms with Crippen LogP contribution < -0.4 is 16.0 Å². The van der Waals surface area contributed by atoms with E-state index >= 15 is 0 Å². The second-order valence-corrected chi connectivity index (χ2v) is 4.11. The molecule has 1 aliphatic rings. The van der Waals surface area contributed by atoms with Crippen LogP contribution in [0.1, 0.15) is 12.5 Å². The van der Waals surface area contributed by atoms with E-state index in [0.29, 0.717) is 19.7 Å². The minimum absolute atomic E-state index is 0.176. The third kappa shape index (κ3) is 2.57. The van der Waals surface area contributed by atoms with Crippen molar-refractivity contribution in [3.05, 3.63) is 29.8 Å². The van der Waals surface area contributed by atoms with Crippen LogP contribution in [0.15, 0.2) is 24.3 Å². The molecule has 0 spiro atoms. The van der Waals surface area contributed by atoms with Crippen LogP contribution in [0.4, 0.5) is 0 Å². The average Bonchev–Trinajstić information content (AvgIpc) is 2.58. The highest BCUT2D eigenvalue weighted by molar-refractivity contribution is 5.80. The minimum Gasteiger partial charge on any atom is -0.492 e. The van der Waals surface area contributed by atoms with E-state index in [0.717, 1.165) is 11.3 Å². The lowest BCUT2D eigenvalue weighted by molar-refractivity contribution is -0.126. The first-order valence-corrected chi connectivity index (χ1v) is 5.67. The summed E-state index contributed by atoms with van der Waals surface area (Å²) in [7, 11) is 0. The summed E-state index contributed by atoms with van der Waals surface area (Å²) < 4.78 is 5.64. The Morgan fingerprint density at radius 3 is 3.06 bits per heavy atom. The fourth-order valence-electron chi connectivity index (χ4n) is 1.96. The fraction of sp³-hybridized carbons (Fsp3) is 0.417. The van der Waals surface area contributed by atoms with Gasteiger partial charge in [0.2, 0.25) is 0 Å². The Balaban J connectivity index is 2.15. The lowest BCUT2D eigenvalue weighted by Crippen LogP contribution is -2.47. The van der Waals surface area contributed by atoms with Gasteiger partial charge in [-0.25, -0.2) is 5.84 Å². The van der Waals surface area contributed by atoms with E-state index in [9.17, 15) is 4.79 Å². The molecule has 0 fully saturated rings. The van der Waals surface area contributed by atoms with Gasteiger partial charge in [0.05, 0.1) is 6.04 Å². The van der Waals surface area contributed by atoms with Gasteiger partial charge < -0.3 is 4.74 Å². The Hall–Kier alpha value is -1.59. The van der Waals surface area contributed by atoms with Gasteiger partial charge in [0, 0.05) is 18.7 Å². The number of carbonyl (C=O) groups is 1. The van der Waals surface area contributed by atoms with Crippen LogP contribution in [0.2, 0.25) is 0 Å². The van der Waals surface area contributed by atoms with Crippen molar-refractivity contribution in [3.8, 4) is 5.75 Å². The zero-order chi connectivity index (χ0) is 12.3. The van der Waals surface area contributed by atoms with E-state index in [4.69, 9.17) is 10.6 Å². The van der Waals surface area contributed by atoms with Gasteiger partial charge in [0.15, 0.2) is 0 Å². The van der Waals surface area contributed by atoms with Crippen molar-refractivity contribution in [1.82, 2.24) is 10.3 Å². The molecule has 1 unspecified atom stereocenters. The molecule has 17 heavy (non-hydrogen) atoms. The average molecular weight is 235 g/mol. The Morgan fingerprint density at radius 2 is 2.29 bits per heavy atom. The summed E-state index contributed by atoms with van der Waals surface area (Å²) in [4.78, 5) is 13.6. The predicted molar refractivity (Wildman–Crippen MR) is 64.1 cm³/mol. The molecule has 1 amide bonds. The quantitative estimate of drug-likeness (QED) is 0.438. The second kappa shape index (κ2) is 5.16. The maximum absolute atomic E-state index is 11.5. The lowest BCUT2D eigenvalue weighted by Gasteiger charge is -2.25. The van der Waals surface area contributed by atoms with Crippen molar-refractivity contribution in [1.29, 1.82) is 0 Å². The second-order valence-electron chi connectivity index (χ2n) is 4.11. The Labute approximate surface area is 101 Å². The zero-order valence-electron chi connectivity index (χ0n) is 9.85. The number of para-hydroxylation sites is 1. The molecular formula is C12H17N3O2. The highest BCUT2D eigenvalue weighted by atomic mass is 16.5. The van der Waals surface area contributed by atoms with Crippen molar-refractivity contribution in [3.63, 3.8) is 0 Å². The van der Waals surface area contributed by atoms with Gasteiger partial charge in [-0.1, -0.05) is 18.2 Å². The van der Waals surface area contributed by atoms with Crippen molar-refractivity contribution in [2.45, 2.75) is 19.5 Å². The molecule has 5 nitrogen and oxygen atoms in total. The van der Waals surface area contributed by atoms with Crippen LogP contribution >= 0.6 is 0 Å². The van der Waals surface area contributed by atoms with E-state index in [1.54, 1.807) is 0 Å². The molecule has 1 aliphatic heterocycles. The van der Waals surface area contributed by atoms with Crippen LogP contribution in [0.5, 0.6) is 5.75 Å². The van der Waals surface area contributed by atoms with E-state index in [1.807, 2.05) is 36.1 Å². The molecule has 0 saturated heterocycles. The molecule has 0 aliphatic carbocycles. The number of ether oxygens (including phenoxy) is 1. The molecule has 2 rings (SSSR count). The van der Waals surface area contributed by atoms with Gasteiger partial charge in [0.1, 0.15) is 12.4 Å². The van der Waals surface area contributed by atoms with Gasteiger partial charge in [-0.2, -0.15) is 0 Å². The summed E-state index contributed by atoms with van der Waals surface area (Å²) in [6.07, 6.45) is 0. The Kier molecular flexibility index (Phi) is 3.61. The maximum Gasteiger partial charge on any atom is 0.250 e. The molecule has 0 bridgehead atoms. The summed E-state index contributed by atoms with van der Waals surface area (Å²) in [5, 5.41) is 0.